The molecule has 0 aliphatic carbocycles. The molecule has 0 spiro atoms. The van der Waals surface area contributed by atoms with Crippen LogP contribution in [0.15, 0.2) is 38.4 Å². The fraction of sp³-hybridized carbons (Fsp3) is 0.0909. The smallest absolute Gasteiger partial charge is 0.351 e. The van der Waals surface area contributed by atoms with Gasteiger partial charge in [0.25, 0.3) is 0 Å². The quantitative estimate of drug-likeness (QED) is 0.495. The van der Waals surface area contributed by atoms with E-state index in [2.05, 4.69) is 4.74 Å². The van der Waals surface area contributed by atoms with Crippen LogP contribution in [-0.4, -0.2) is 13.1 Å². The van der Waals surface area contributed by atoms with Crippen molar-refractivity contribution in [2.24, 2.45) is 5.14 Å². The molecule has 0 aliphatic heterocycles. The molecule has 1 aromatic carbocycles. The first-order valence-corrected chi connectivity index (χ1v) is 5.56. The van der Waals surface area contributed by atoms with Crippen LogP contribution in [0, 0.1) is 0 Å². The maximum absolute atomic E-state index is 11.4. The van der Waals surface area contributed by atoms with Crippen LogP contribution in [0.5, 0.6) is 0 Å². The van der Waals surface area contributed by atoms with E-state index in [4.69, 9.17) is 9.56 Å². The van der Waals surface area contributed by atoms with E-state index in [9.17, 15) is 9.59 Å². The molecule has 1 heterocycles. The van der Waals surface area contributed by atoms with Gasteiger partial charge in [-0.05, 0) is 36.2 Å². The van der Waals surface area contributed by atoms with E-state index in [0.29, 0.717) is 21.4 Å². The summed E-state index contributed by atoms with van der Waals surface area (Å²) in [6.07, 6.45) is 0. The molecule has 0 radical (unpaired) electrons. The van der Waals surface area contributed by atoms with E-state index in [0.717, 1.165) is 11.9 Å². The largest absolute Gasteiger partial charge is 0.465 e. The molecule has 0 saturated carbocycles. The second-order valence-electron chi connectivity index (χ2n) is 3.26. The van der Waals surface area contributed by atoms with Crippen LogP contribution in [0.1, 0.15) is 10.4 Å². The lowest BCUT2D eigenvalue weighted by Crippen LogP contribution is -2.04. The van der Waals surface area contributed by atoms with Gasteiger partial charge in [-0.1, -0.05) is 0 Å². The Balaban J connectivity index is 2.64. The molecule has 5 nitrogen and oxygen atoms in total. The van der Waals surface area contributed by atoms with Crippen molar-refractivity contribution < 1.29 is 13.9 Å². The number of hydrogen-bond donors (Lipinski definition) is 1. The predicted octanol–water partition coefficient (Wildman–Crippen LogP) is 1.55. The Labute approximate surface area is 101 Å². The fourth-order valence-electron chi connectivity index (χ4n) is 1.43. The average Bonchev–Trinajstić information content (AvgIpc) is 2.36. The molecule has 0 aliphatic rings. The zero-order chi connectivity index (χ0) is 12.4. The van der Waals surface area contributed by atoms with E-state index in [1.807, 2.05) is 0 Å². The second kappa shape index (κ2) is 4.60. The molecule has 1 aromatic heterocycles. The molecule has 88 valence electrons. The lowest BCUT2D eigenvalue weighted by Gasteiger charge is -2.02. The summed E-state index contributed by atoms with van der Waals surface area (Å²) in [6.45, 7) is 0. The summed E-state index contributed by atoms with van der Waals surface area (Å²) in [5.41, 5.74) is 0.304. The maximum Gasteiger partial charge on any atom is 0.351 e. The highest BCUT2D eigenvalue weighted by Crippen LogP contribution is 2.19. The van der Waals surface area contributed by atoms with Crippen LogP contribution < -0.4 is 10.8 Å². The number of nitrogens with two attached hydrogens (primary N) is 1. The number of methoxy groups -OCH3 is 1. The van der Waals surface area contributed by atoms with Crippen LogP contribution in [0.2, 0.25) is 0 Å². The number of carbonyl (C=O) groups excluding carboxylic acids is 1. The van der Waals surface area contributed by atoms with Crippen LogP contribution in [-0.2, 0) is 4.74 Å². The highest BCUT2D eigenvalue weighted by atomic mass is 32.2. The van der Waals surface area contributed by atoms with Crippen LogP contribution >= 0.6 is 11.9 Å². The number of benzene rings is 1. The molecule has 2 rings (SSSR count). The molecule has 0 saturated heterocycles. The topological polar surface area (TPSA) is 82.5 Å². The third-order valence-corrected chi connectivity index (χ3v) is 2.79. The zero-order valence-electron chi connectivity index (χ0n) is 8.93. The molecule has 0 unspecified atom stereocenters. The third-order valence-electron chi connectivity index (χ3n) is 2.25. The van der Waals surface area contributed by atoms with Crippen molar-refractivity contribution in [2.45, 2.75) is 4.90 Å². The molecule has 6 heteroatoms. The van der Waals surface area contributed by atoms with Gasteiger partial charge in [0.05, 0.1) is 12.7 Å². The summed E-state index contributed by atoms with van der Waals surface area (Å²) >= 11 is 0.808. The van der Waals surface area contributed by atoms with Gasteiger partial charge in [-0.25, -0.2) is 9.59 Å². The summed E-state index contributed by atoms with van der Waals surface area (Å²) in [4.78, 5) is 23.0. The number of rotatable bonds is 2. The number of esters is 1. The monoisotopic (exact) mass is 251 g/mol. The Morgan fingerprint density at radius 2 is 2.18 bits per heavy atom. The Bertz CT molecular complexity index is 635. The van der Waals surface area contributed by atoms with Gasteiger partial charge in [-0.3, -0.25) is 5.14 Å². The number of fused-ring (bicyclic) bond motifs is 1. The van der Waals surface area contributed by atoms with Gasteiger partial charge in [-0.2, -0.15) is 0 Å². The Hall–Kier alpha value is -1.79. The Morgan fingerprint density at radius 3 is 2.82 bits per heavy atom. The van der Waals surface area contributed by atoms with Gasteiger partial charge in [0.1, 0.15) is 10.5 Å². The first-order chi connectivity index (χ1) is 8.15. The Morgan fingerprint density at radius 1 is 1.41 bits per heavy atom. The molecule has 0 amide bonds. The van der Waals surface area contributed by atoms with Crippen LogP contribution in [0.4, 0.5) is 0 Å². The van der Waals surface area contributed by atoms with E-state index in [-0.39, 0.29) is 0 Å². The summed E-state index contributed by atoms with van der Waals surface area (Å²) in [5, 5.41) is 5.96. The van der Waals surface area contributed by atoms with Gasteiger partial charge < -0.3 is 9.15 Å². The zero-order valence-corrected chi connectivity index (χ0v) is 9.74. The van der Waals surface area contributed by atoms with Crippen molar-refractivity contribution >= 4 is 28.9 Å². The van der Waals surface area contributed by atoms with Crippen molar-refractivity contribution in [1.29, 1.82) is 0 Å². The maximum atomic E-state index is 11.4. The first kappa shape index (κ1) is 11.7. The number of ether oxygens (including phenoxy) is 1. The van der Waals surface area contributed by atoms with Gasteiger partial charge in [0.15, 0.2) is 0 Å². The van der Waals surface area contributed by atoms with Crippen molar-refractivity contribution in [1.82, 2.24) is 0 Å². The molecule has 0 atom stereocenters. The van der Waals surface area contributed by atoms with Crippen molar-refractivity contribution in [3.8, 4) is 0 Å². The first-order valence-electron chi connectivity index (χ1n) is 4.68. The summed E-state index contributed by atoms with van der Waals surface area (Å²) in [7, 11) is 1.30. The summed E-state index contributed by atoms with van der Waals surface area (Å²) in [5.74, 6) is -0.444. The predicted molar refractivity (Wildman–Crippen MR) is 63.9 cm³/mol. The second-order valence-corrected chi connectivity index (χ2v) is 3.94. The number of carbonyl (C=O) groups is 1. The molecule has 17 heavy (non-hydrogen) atoms. The van der Waals surface area contributed by atoms with E-state index < -0.39 is 11.6 Å². The van der Waals surface area contributed by atoms with Crippen molar-refractivity contribution in [2.75, 3.05) is 7.11 Å². The van der Waals surface area contributed by atoms with Crippen molar-refractivity contribution in [3.63, 3.8) is 0 Å². The third kappa shape index (κ3) is 2.17. The average molecular weight is 251 g/mol. The summed E-state index contributed by atoms with van der Waals surface area (Å²) in [6, 6.07) is 6.25. The van der Waals surface area contributed by atoms with E-state index >= 15 is 0 Å². The minimum atomic E-state index is -0.490. The van der Waals surface area contributed by atoms with Gasteiger partial charge in [0, 0.05) is 5.39 Å². The Kier molecular flexibility index (Phi) is 3.16. The minimum absolute atomic E-state index is 0.291. The lowest BCUT2D eigenvalue weighted by molar-refractivity contribution is 0.0601. The normalized spacial score (nSPS) is 10.5. The number of hydrogen-bond acceptors (Lipinski definition) is 6. The highest BCUT2D eigenvalue weighted by molar-refractivity contribution is 7.97. The van der Waals surface area contributed by atoms with E-state index in [1.54, 1.807) is 18.2 Å². The molecule has 0 bridgehead atoms. The molecular weight excluding hydrogens is 242 g/mol. The molecular formula is C11H9NO4S. The molecule has 2 aromatic rings. The highest BCUT2D eigenvalue weighted by Gasteiger charge is 2.09. The van der Waals surface area contributed by atoms with Crippen LogP contribution in [0.3, 0.4) is 0 Å². The SMILES string of the molecule is COC(=O)c1ccc2oc(=O)c(SN)cc2c1. The summed E-state index contributed by atoms with van der Waals surface area (Å²) < 4.78 is 9.65. The van der Waals surface area contributed by atoms with Crippen LogP contribution in [0.25, 0.3) is 11.0 Å². The minimum Gasteiger partial charge on any atom is -0.465 e. The van der Waals surface area contributed by atoms with Gasteiger partial charge in [0.2, 0.25) is 0 Å². The molecule has 2 N–H and O–H groups in total. The van der Waals surface area contributed by atoms with Gasteiger partial charge in [-0.15, -0.1) is 0 Å². The van der Waals surface area contributed by atoms with Gasteiger partial charge >= 0.3 is 11.6 Å². The van der Waals surface area contributed by atoms with Crippen molar-refractivity contribution in [3.05, 3.63) is 40.2 Å². The lowest BCUT2D eigenvalue weighted by atomic mass is 10.1. The molecule has 0 fully saturated rings. The standard InChI is InChI=1S/C11H9NO4S/c1-15-10(13)6-2-3-8-7(4-6)5-9(17-12)11(14)16-8/h2-5H,12H2,1H3. The fourth-order valence-corrected chi connectivity index (χ4v) is 1.76. The van der Waals surface area contributed by atoms with E-state index in [1.165, 1.54) is 13.2 Å².